The Hall–Kier alpha value is -2.04. The Bertz CT molecular complexity index is 862. The van der Waals surface area contributed by atoms with E-state index < -0.39 is 0 Å². The Morgan fingerprint density at radius 3 is 2.66 bits per heavy atom. The third-order valence-electron chi connectivity index (χ3n) is 6.06. The maximum absolute atomic E-state index is 12.8. The van der Waals surface area contributed by atoms with Gasteiger partial charge in [-0.3, -0.25) is 9.59 Å². The number of carbonyl (C=O) groups excluding carboxylic acids is 1. The molecular weight excluding hydrogens is 392 g/mol. The van der Waals surface area contributed by atoms with Crippen LogP contribution < -0.4 is 16.2 Å². The van der Waals surface area contributed by atoms with Crippen molar-refractivity contribution in [3.8, 4) is 6.07 Å². The summed E-state index contributed by atoms with van der Waals surface area (Å²) in [5.74, 6) is 0.0244. The molecule has 7 nitrogen and oxygen atoms in total. The molecule has 1 saturated carbocycles. The van der Waals surface area contributed by atoms with E-state index in [1.165, 1.54) is 4.57 Å². The van der Waals surface area contributed by atoms with Crippen molar-refractivity contribution in [3.63, 3.8) is 0 Å². The molecule has 2 aliphatic rings. The number of carbonyl (C=O) groups is 1. The number of hydrogen-bond donors (Lipinski definition) is 2. The number of amides is 1. The van der Waals surface area contributed by atoms with Gasteiger partial charge in [-0.1, -0.05) is 0 Å². The number of piperidine rings is 1. The van der Waals surface area contributed by atoms with Gasteiger partial charge in [-0.2, -0.15) is 5.26 Å². The Kier molecular flexibility index (Phi) is 6.55. The largest absolute Gasteiger partial charge is 0.377 e. The van der Waals surface area contributed by atoms with Gasteiger partial charge in [0.15, 0.2) is 0 Å². The van der Waals surface area contributed by atoms with Gasteiger partial charge in [-0.05, 0) is 58.1 Å². The number of hydrogen-bond acceptors (Lipinski definition) is 5. The molecule has 0 aromatic carbocycles. The van der Waals surface area contributed by atoms with Crippen molar-refractivity contribution < 1.29 is 9.53 Å². The van der Waals surface area contributed by atoms with Gasteiger partial charge in [0.1, 0.15) is 17.5 Å². The summed E-state index contributed by atoms with van der Waals surface area (Å²) in [6, 6.07) is 5.04. The summed E-state index contributed by atoms with van der Waals surface area (Å²) in [6.45, 7) is 5.89. The molecular formula is C21H29ClN4O3. The van der Waals surface area contributed by atoms with Gasteiger partial charge in [-0.25, -0.2) is 0 Å². The molecule has 1 aromatic rings. The molecule has 1 amide bonds. The first-order valence-electron chi connectivity index (χ1n) is 10.2. The predicted octanol–water partition coefficient (Wildman–Crippen LogP) is 2.37. The Morgan fingerprint density at radius 2 is 2.00 bits per heavy atom. The topological polar surface area (TPSA) is 96.2 Å². The zero-order chi connectivity index (χ0) is 21.3. The van der Waals surface area contributed by atoms with Gasteiger partial charge in [0.05, 0.1) is 23.5 Å². The molecule has 3 rings (SSSR count). The lowest BCUT2D eigenvalue weighted by molar-refractivity contribution is -0.131. The molecule has 158 valence electrons. The lowest BCUT2D eigenvalue weighted by Crippen LogP contribution is -2.58. The van der Waals surface area contributed by atoms with Gasteiger partial charge >= 0.3 is 0 Å². The number of nitriles is 1. The summed E-state index contributed by atoms with van der Waals surface area (Å²) in [5.41, 5.74) is 0.398. The monoisotopic (exact) mass is 420 g/mol. The van der Waals surface area contributed by atoms with Gasteiger partial charge in [0, 0.05) is 19.1 Å². The fourth-order valence-electron chi connectivity index (χ4n) is 4.48. The van der Waals surface area contributed by atoms with E-state index in [0.717, 1.165) is 19.3 Å². The van der Waals surface area contributed by atoms with E-state index in [2.05, 4.69) is 10.6 Å². The second kappa shape index (κ2) is 8.76. The Morgan fingerprint density at radius 1 is 1.28 bits per heavy atom. The van der Waals surface area contributed by atoms with E-state index in [1.807, 2.05) is 26.8 Å². The van der Waals surface area contributed by atoms with E-state index in [-0.39, 0.29) is 47.1 Å². The highest BCUT2D eigenvalue weighted by atomic mass is 35.5. The van der Waals surface area contributed by atoms with Gasteiger partial charge in [0.2, 0.25) is 5.91 Å². The first-order valence-corrected chi connectivity index (χ1v) is 10.6. The molecule has 0 bridgehead atoms. The molecule has 1 aliphatic carbocycles. The quantitative estimate of drug-likeness (QED) is 0.713. The zero-order valence-corrected chi connectivity index (χ0v) is 18.1. The van der Waals surface area contributed by atoms with E-state index in [0.29, 0.717) is 17.3 Å². The minimum Gasteiger partial charge on any atom is -0.377 e. The third kappa shape index (κ3) is 4.59. The van der Waals surface area contributed by atoms with Crippen molar-refractivity contribution in [1.29, 1.82) is 5.26 Å². The molecule has 1 aliphatic heterocycles. The number of fused-ring (bicyclic) bond motifs is 1. The number of pyridine rings is 1. The average Bonchev–Trinajstić information content (AvgIpc) is 2.66. The van der Waals surface area contributed by atoms with Crippen LogP contribution in [0.25, 0.3) is 0 Å². The van der Waals surface area contributed by atoms with Gasteiger partial charge < -0.3 is 19.9 Å². The summed E-state index contributed by atoms with van der Waals surface area (Å²) >= 11 is 6.58. The number of nitrogens with zero attached hydrogens (tertiary/aromatic N) is 2. The molecule has 2 N–H and O–H groups in total. The molecule has 2 fully saturated rings. The van der Waals surface area contributed by atoms with Crippen molar-refractivity contribution in [3.05, 3.63) is 28.2 Å². The number of nitrogens with one attached hydrogen (secondary N) is 2. The molecule has 8 heteroatoms. The minimum absolute atomic E-state index is 0.00645. The van der Waals surface area contributed by atoms with Crippen LogP contribution in [0.2, 0.25) is 0 Å². The van der Waals surface area contributed by atoms with Crippen LogP contribution in [0, 0.1) is 23.2 Å². The van der Waals surface area contributed by atoms with Crippen LogP contribution in [-0.4, -0.2) is 40.1 Å². The summed E-state index contributed by atoms with van der Waals surface area (Å²) in [7, 11) is 1.56. The normalized spacial score (nSPS) is 30.2. The maximum Gasteiger partial charge on any atom is 0.274 e. The number of anilines is 1. The van der Waals surface area contributed by atoms with E-state index in [1.54, 1.807) is 19.2 Å². The predicted molar refractivity (Wildman–Crippen MR) is 112 cm³/mol. The van der Waals surface area contributed by atoms with Crippen LogP contribution in [0.5, 0.6) is 0 Å². The smallest absolute Gasteiger partial charge is 0.274 e. The average molecular weight is 421 g/mol. The lowest BCUT2D eigenvalue weighted by atomic mass is 9.73. The number of alkyl halides is 1. The van der Waals surface area contributed by atoms with E-state index >= 15 is 0 Å². The second-order valence-electron chi connectivity index (χ2n) is 8.47. The Balaban J connectivity index is 1.69. The van der Waals surface area contributed by atoms with Crippen molar-refractivity contribution in [2.45, 2.75) is 69.7 Å². The highest BCUT2D eigenvalue weighted by molar-refractivity contribution is 6.21. The Labute approximate surface area is 176 Å². The van der Waals surface area contributed by atoms with Crippen LogP contribution in [0.1, 0.15) is 45.7 Å². The van der Waals surface area contributed by atoms with Gasteiger partial charge in [-0.15, -0.1) is 11.6 Å². The lowest BCUT2D eigenvalue weighted by Gasteiger charge is -2.45. The molecule has 29 heavy (non-hydrogen) atoms. The summed E-state index contributed by atoms with van der Waals surface area (Å²) in [5, 5.41) is 15.3. The van der Waals surface area contributed by atoms with Crippen molar-refractivity contribution in [1.82, 2.24) is 9.88 Å². The summed E-state index contributed by atoms with van der Waals surface area (Å²) in [4.78, 5) is 25.3. The minimum atomic E-state index is -0.280. The second-order valence-corrected chi connectivity index (χ2v) is 9.03. The highest BCUT2D eigenvalue weighted by Gasteiger charge is 2.44. The first kappa shape index (κ1) is 21.7. The van der Waals surface area contributed by atoms with E-state index in [4.69, 9.17) is 21.6 Å². The molecule has 2 heterocycles. The summed E-state index contributed by atoms with van der Waals surface area (Å²) < 4.78 is 7.23. The molecule has 0 radical (unpaired) electrons. The van der Waals surface area contributed by atoms with Crippen LogP contribution in [0.15, 0.2) is 16.9 Å². The van der Waals surface area contributed by atoms with Crippen LogP contribution in [0.3, 0.4) is 0 Å². The molecule has 1 saturated heterocycles. The number of rotatable bonds is 5. The van der Waals surface area contributed by atoms with Crippen LogP contribution in [0.4, 0.5) is 5.69 Å². The molecule has 1 aromatic heterocycles. The fourth-order valence-corrected chi connectivity index (χ4v) is 4.87. The molecule has 5 unspecified atom stereocenters. The highest BCUT2D eigenvalue weighted by Crippen LogP contribution is 2.38. The van der Waals surface area contributed by atoms with Gasteiger partial charge in [0.25, 0.3) is 5.56 Å². The van der Waals surface area contributed by atoms with Crippen molar-refractivity contribution >= 4 is 23.2 Å². The number of halogens is 1. The zero-order valence-electron chi connectivity index (χ0n) is 17.3. The standard InChI is InChI=1S/C21H29ClN4O3/c1-11(2)29-19-9-18-13(8-16(19)22)7-15(20(27)25-18)12(3)24-17-6-5-14(10-23)26(4)21(17)28/h5-6,11-13,15-16,18-19,24H,7-9H2,1-4H3,(H,25,27)/t12-,13?,15?,16?,18?,19?/m0/s1. The maximum atomic E-state index is 12.8. The van der Waals surface area contributed by atoms with Crippen LogP contribution in [-0.2, 0) is 16.6 Å². The molecule has 6 atom stereocenters. The fraction of sp³-hybridized carbons (Fsp3) is 0.667. The van der Waals surface area contributed by atoms with Crippen LogP contribution >= 0.6 is 11.6 Å². The van der Waals surface area contributed by atoms with Crippen molar-refractivity contribution in [2.75, 3.05) is 5.32 Å². The number of aromatic nitrogens is 1. The third-order valence-corrected chi connectivity index (χ3v) is 6.52. The van der Waals surface area contributed by atoms with Crippen molar-refractivity contribution in [2.24, 2.45) is 18.9 Å². The summed E-state index contributed by atoms with van der Waals surface area (Å²) in [6.07, 6.45) is 2.30. The first-order chi connectivity index (χ1) is 13.7. The molecule has 0 spiro atoms. The number of ether oxygens (including phenoxy) is 1. The van der Waals surface area contributed by atoms with E-state index in [9.17, 15) is 9.59 Å². The SMILES string of the molecule is CC(C)OC1CC2NC(=O)C([C@H](C)Nc3ccc(C#N)n(C)c3=O)CC2CC1Cl.